The monoisotopic (exact) mass is 360 g/mol. The number of amides is 1. The van der Waals surface area contributed by atoms with Crippen LogP contribution in [0.5, 0.6) is 0 Å². The molecule has 1 aromatic heterocycles. The van der Waals surface area contributed by atoms with Crippen molar-refractivity contribution >= 4 is 15.7 Å². The van der Waals surface area contributed by atoms with E-state index in [1.807, 2.05) is 0 Å². The Balaban J connectivity index is 1.54. The third-order valence-electron chi connectivity index (χ3n) is 5.07. The van der Waals surface area contributed by atoms with Crippen LogP contribution in [0.15, 0.2) is 52.0 Å². The van der Waals surface area contributed by atoms with Crippen LogP contribution in [0.25, 0.3) is 0 Å². The molecule has 7 heteroatoms. The van der Waals surface area contributed by atoms with Crippen molar-refractivity contribution < 1.29 is 17.6 Å². The first kappa shape index (κ1) is 16.4. The lowest BCUT2D eigenvalue weighted by atomic mass is 10.0. The van der Waals surface area contributed by atoms with E-state index in [1.54, 1.807) is 41.3 Å². The first-order valence-electron chi connectivity index (χ1n) is 8.39. The maximum absolute atomic E-state index is 12.8. The first-order valence-corrected chi connectivity index (χ1v) is 10.0. The minimum absolute atomic E-state index is 0.146. The standard InChI is InChI=1S/C18H20N2O4S/c21-18(20-10-14-8-19-9-15(14)11-20)17-13(6-7-24-17)12-25(22,23)16-4-2-1-3-5-16/h1-7,14-15,19H,8-12H2/t14-,15+. The van der Waals surface area contributed by atoms with Crippen LogP contribution in [0.1, 0.15) is 16.1 Å². The SMILES string of the molecule is O=C(c1occc1CS(=O)(=O)c1ccccc1)N1C[C@H]2CNC[C@H]2C1. The highest BCUT2D eigenvalue weighted by Crippen LogP contribution is 2.29. The number of benzene rings is 1. The molecule has 1 N–H and O–H groups in total. The summed E-state index contributed by atoms with van der Waals surface area (Å²) in [6.45, 7) is 3.26. The number of likely N-dealkylation sites (tertiary alicyclic amines) is 1. The van der Waals surface area contributed by atoms with Crippen molar-refractivity contribution in [3.63, 3.8) is 0 Å². The van der Waals surface area contributed by atoms with E-state index >= 15 is 0 Å². The Hall–Kier alpha value is -2.12. The van der Waals surface area contributed by atoms with E-state index in [4.69, 9.17) is 4.42 Å². The molecule has 0 bridgehead atoms. The average molecular weight is 360 g/mol. The van der Waals surface area contributed by atoms with E-state index in [-0.39, 0.29) is 22.3 Å². The molecular formula is C18H20N2O4S. The van der Waals surface area contributed by atoms with Gasteiger partial charge in [-0.3, -0.25) is 4.79 Å². The summed E-state index contributed by atoms with van der Waals surface area (Å²) in [7, 11) is -3.52. The van der Waals surface area contributed by atoms with Gasteiger partial charge in [-0.1, -0.05) is 18.2 Å². The van der Waals surface area contributed by atoms with Gasteiger partial charge in [0.2, 0.25) is 0 Å². The smallest absolute Gasteiger partial charge is 0.289 e. The highest BCUT2D eigenvalue weighted by Gasteiger charge is 2.39. The third kappa shape index (κ3) is 3.09. The van der Waals surface area contributed by atoms with Crippen LogP contribution in [-0.2, 0) is 15.6 Å². The summed E-state index contributed by atoms with van der Waals surface area (Å²) < 4.78 is 30.5. The second-order valence-corrected chi connectivity index (χ2v) is 8.73. The van der Waals surface area contributed by atoms with E-state index < -0.39 is 9.84 Å². The van der Waals surface area contributed by atoms with Gasteiger partial charge in [0.15, 0.2) is 15.6 Å². The largest absolute Gasteiger partial charge is 0.459 e. The maximum Gasteiger partial charge on any atom is 0.289 e. The molecule has 2 atom stereocenters. The van der Waals surface area contributed by atoms with Crippen molar-refractivity contribution in [2.24, 2.45) is 11.8 Å². The molecule has 2 aliphatic rings. The van der Waals surface area contributed by atoms with Gasteiger partial charge in [0.25, 0.3) is 5.91 Å². The van der Waals surface area contributed by atoms with Gasteiger partial charge in [-0.2, -0.15) is 0 Å². The zero-order valence-corrected chi connectivity index (χ0v) is 14.5. The average Bonchev–Trinajstić information content (AvgIpc) is 3.30. The molecule has 6 nitrogen and oxygen atoms in total. The van der Waals surface area contributed by atoms with E-state index in [1.165, 1.54) is 6.26 Å². The minimum atomic E-state index is -3.52. The molecule has 2 fully saturated rings. The summed E-state index contributed by atoms with van der Waals surface area (Å²) in [5.41, 5.74) is 0.420. The number of nitrogens with one attached hydrogen (secondary N) is 1. The molecule has 0 unspecified atom stereocenters. The van der Waals surface area contributed by atoms with E-state index in [0.29, 0.717) is 30.5 Å². The topological polar surface area (TPSA) is 79.6 Å². The predicted molar refractivity (Wildman–Crippen MR) is 91.8 cm³/mol. The Morgan fingerprint density at radius 3 is 2.48 bits per heavy atom. The summed E-state index contributed by atoms with van der Waals surface area (Å²) in [6.07, 6.45) is 1.39. The number of sulfone groups is 1. The van der Waals surface area contributed by atoms with Crippen LogP contribution in [0, 0.1) is 11.8 Å². The van der Waals surface area contributed by atoms with Crippen LogP contribution >= 0.6 is 0 Å². The molecule has 0 radical (unpaired) electrons. The number of hydrogen-bond acceptors (Lipinski definition) is 5. The van der Waals surface area contributed by atoms with Gasteiger partial charge in [0.05, 0.1) is 16.9 Å². The minimum Gasteiger partial charge on any atom is -0.459 e. The Kier molecular flexibility index (Phi) is 4.13. The fraction of sp³-hybridized carbons (Fsp3) is 0.389. The van der Waals surface area contributed by atoms with Crippen molar-refractivity contribution in [3.8, 4) is 0 Å². The molecule has 2 aliphatic heterocycles. The molecule has 2 aromatic rings. The van der Waals surface area contributed by atoms with Crippen molar-refractivity contribution in [1.29, 1.82) is 0 Å². The van der Waals surface area contributed by atoms with Crippen LogP contribution < -0.4 is 5.32 Å². The fourth-order valence-corrected chi connectivity index (χ4v) is 5.09. The number of fused-ring (bicyclic) bond motifs is 1. The van der Waals surface area contributed by atoms with Gasteiger partial charge in [-0.15, -0.1) is 0 Å². The number of furan rings is 1. The number of rotatable bonds is 4. The van der Waals surface area contributed by atoms with Crippen LogP contribution in [0.3, 0.4) is 0 Å². The Morgan fingerprint density at radius 1 is 1.12 bits per heavy atom. The van der Waals surface area contributed by atoms with Crippen LogP contribution in [0.4, 0.5) is 0 Å². The summed E-state index contributed by atoms with van der Waals surface area (Å²) in [5, 5.41) is 3.34. The van der Waals surface area contributed by atoms with Gasteiger partial charge in [0.1, 0.15) is 0 Å². The molecule has 4 rings (SSSR count). The summed E-state index contributed by atoms with van der Waals surface area (Å²) >= 11 is 0. The van der Waals surface area contributed by atoms with Crippen molar-refractivity contribution in [1.82, 2.24) is 10.2 Å². The van der Waals surface area contributed by atoms with Crippen molar-refractivity contribution in [3.05, 3.63) is 54.0 Å². The maximum atomic E-state index is 12.8. The predicted octanol–water partition coefficient (Wildman–Crippen LogP) is 1.54. The van der Waals surface area contributed by atoms with E-state index in [9.17, 15) is 13.2 Å². The summed E-state index contributed by atoms with van der Waals surface area (Å²) in [6, 6.07) is 9.84. The molecule has 132 valence electrons. The number of carbonyl (C=O) groups is 1. The van der Waals surface area contributed by atoms with Gasteiger partial charge in [-0.05, 0) is 30.0 Å². The lowest BCUT2D eigenvalue weighted by molar-refractivity contribution is 0.0749. The second-order valence-electron chi connectivity index (χ2n) is 6.74. The normalized spacial score (nSPS) is 23.0. The summed E-state index contributed by atoms with van der Waals surface area (Å²) in [5.74, 6) is 0.660. The molecular weight excluding hydrogens is 340 g/mol. The molecule has 25 heavy (non-hydrogen) atoms. The van der Waals surface area contributed by atoms with Crippen molar-refractivity contribution in [2.75, 3.05) is 26.2 Å². The van der Waals surface area contributed by atoms with E-state index in [2.05, 4.69) is 5.32 Å². The van der Waals surface area contributed by atoms with Gasteiger partial charge in [0, 0.05) is 31.7 Å². The molecule has 3 heterocycles. The lowest BCUT2D eigenvalue weighted by Gasteiger charge is -2.16. The highest BCUT2D eigenvalue weighted by atomic mass is 32.2. The fourth-order valence-electron chi connectivity index (χ4n) is 3.72. The zero-order valence-electron chi connectivity index (χ0n) is 13.7. The molecule has 0 saturated carbocycles. The van der Waals surface area contributed by atoms with Crippen molar-refractivity contribution in [2.45, 2.75) is 10.6 Å². The molecule has 1 aromatic carbocycles. The van der Waals surface area contributed by atoms with Gasteiger partial charge < -0.3 is 14.6 Å². The van der Waals surface area contributed by atoms with Gasteiger partial charge in [-0.25, -0.2) is 8.42 Å². The quantitative estimate of drug-likeness (QED) is 0.895. The highest BCUT2D eigenvalue weighted by molar-refractivity contribution is 7.90. The second kappa shape index (κ2) is 6.31. The first-order chi connectivity index (χ1) is 12.0. The van der Waals surface area contributed by atoms with Gasteiger partial charge >= 0.3 is 0 Å². The number of nitrogens with zero attached hydrogens (tertiary/aromatic N) is 1. The molecule has 1 amide bonds. The summed E-state index contributed by atoms with van der Waals surface area (Å²) in [4.78, 5) is 14.8. The third-order valence-corrected chi connectivity index (χ3v) is 6.75. The van der Waals surface area contributed by atoms with E-state index in [0.717, 1.165) is 13.1 Å². The molecule has 2 saturated heterocycles. The van der Waals surface area contributed by atoms with Crippen LogP contribution in [-0.4, -0.2) is 45.4 Å². The number of carbonyl (C=O) groups excluding carboxylic acids is 1. The Morgan fingerprint density at radius 2 is 1.80 bits per heavy atom. The number of hydrogen-bond donors (Lipinski definition) is 1. The molecule has 0 spiro atoms. The lowest BCUT2D eigenvalue weighted by Crippen LogP contribution is -2.32. The molecule has 0 aliphatic carbocycles. The Labute approximate surface area is 146 Å². The Bertz CT molecular complexity index is 863. The zero-order chi connectivity index (χ0) is 17.4. The van der Waals surface area contributed by atoms with Crippen LogP contribution in [0.2, 0.25) is 0 Å².